The fraction of sp³-hybridized carbons (Fsp3) is 0.500. The predicted octanol–water partition coefficient (Wildman–Crippen LogP) is 1.14. The summed E-state index contributed by atoms with van der Waals surface area (Å²) in [6.07, 6.45) is 7.60. The monoisotopic (exact) mass is 242 g/mol. The lowest BCUT2D eigenvalue weighted by molar-refractivity contribution is 0.726. The van der Waals surface area contributed by atoms with E-state index in [9.17, 15) is 0 Å². The molecule has 0 saturated heterocycles. The van der Waals surface area contributed by atoms with Gasteiger partial charge in [-0.25, -0.2) is 0 Å². The van der Waals surface area contributed by atoms with E-state index in [1.807, 2.05) is 19.9 Å². The Morgan fingerprint density at radius 1 is 1.28 bits per heavy atom. The second-order valence-corrected chi connectivity index (χ2v) is 4.73. The molecule has 0 spiro atoms. The van der Waals surface area contributed by atoms with Gasteiger partial charge in [0.2, 0.25) is 17.7 Å². The van der Waals surface area contributed by atoms with Gasteiger partial charge in [0.15, 0.2) is 0 Å². The molecule has 1 heterocycles. The first-order chi connectivity index (χ1) is 8.52. The zero-order valence-electron chi connectivity index (χ0n) is 10.4. The van der Waals surface area contributed by atoms with Gasteiger partial charge in [-0.15, -0.1) is 6.42 Å². The van der Waals surface area contributed by atoms with Crippen molar-refractivity contribution in [2.45, 2.75) is 38.3 Å². The van der Waals surface area contributed by atoms with Crippen molar-refractivity contribution >= 4 is 11.9 Å². The third-order valence-electron chi connectivity index (χ3n) is 2.43. The Labute approximate surface area is 106 Å². The van der Waals surface area contributed by atoms with Crippen molar-refractivity contribution in [2.75, 3.05) is 10.6 Å². The van der Waals surface area contributed by atoms with Gasteiger partial charge in [0.25, 0.3) is 0 Å². The molecule has 0 amide bonds. The van der Waals surface area contributed by atoms with Gasteiger partial charge in [-0.3, -0.25) is 0 Å². The number of aromatic nitrogens is 3. The third kappa shape index (κ3) is 3.08. The van der Waals surface area contributed by atoms with Crippen molar-refractivity contribution in [1.82, 2.24) is 15.0 Å². The average Bonchev–Trinajstić information content (AvgIpc) is 3.12. The normalized spacial score (nSPS) is 14.4. The summed E-state index contributed by atoms with van der Waals surface area (Å²) in [7, 11) is 0. The highest BCUT2D eigenvalue weighted by Gasteiger charge is 2.23. The van der Waals surface area contributed by atoms with Crippen LogP contribution >= 0.6 is 0 Å². The van der Waals surface area contributed by atoms with Crippen LogP contribution in [0.15, 0.2) is 0 Å². The molecule has 1 aliphatic rings. The van der Waals surface area contributed by atoms with E-state index in [-0.39, 0.29) is 5.82 Å². The Kier molecular flexibility index (Phi) is 3.03. The minimum atomic E-state index is -0.578. The highest BCUT2D eigenvalue weighted by molar-refractivity contribution is 5.41. The van der Waals surface area contributed by atoms with Gasteiger partial charge < -0.3 is 10.6 Å². The average molecular weight is 242 g/mol. The van der Waals surface area contributed by atoms with Crippen LogP contribution in [0.2, 0.25) is 0 Å². The number of hydrogen-bond donors (Lipinski definition) is 2. The number of nitrogens with one attached hydrogen (secondary N) is 2. The molecule has 2 rings (SSSR count). The molecule has 0 aliphatic heterocycles. The van der Waals surface area contributed by atoms with E-state index in [0.717, 1.165) is 12.8 Å². The van der Waals surface area contributed by atoms with Gasteiger partial charge in [0.1, 0.15) is 6.07 Å². The number of rotatable bonds is 4. The van der Waals surface area contributed by atoms with E-state index in [4.69, 9.17) is 11.7 Å². The summed E-state index contributed by atoms with van der Waals surface area (Å²) in [6.45, 7) is 3.66. The van der Waals surface area contributed by atoms with Crippen LogP contribution in [0.3, 0.4) is 0 Å². The topological polar surface area (TPSA) is 86.5 Å². The zero-order chi connectivity index (χ0) is 13.2. The molecule has 0 atom stereocenters. The summed E-state index contributed by atoms with van der Waals surface area (Å²) in [4.78, 5) is 12.2. The minimum absolute atomic E-state index is 0.0727. The van der Waals surface area contributed by atoms with Crippen LogP contribution < -0.4 is 10.6 Å². The molecule has 0 radical (unpaired) electrons. The fourth-order valence-corrected chi connectivity index (χ4v) is 1.27. The van der Waals surface area contributed by atoms with E-state index in [1.165, 1.54) is 0 Å². The lowest BCUT2D eigenvalue weighted by atomic mass is 10.1. The van der Waals surface area contributed by atoms with Crippen LogP contribution in [0.25, 0.3) is 0 Å². The SMILES string of the molecule is C#CC(C)(C)Nc1nc(C#N)nc(NC2CC2)n1. The molecule has 6 nitrogen and oxygen atoms in total. The molecule has 1 aromatic rings. The lowest BCUT2D eigenvalue weighted by Gasteiger charge is -2.19. The molecule has 2 N–H and O–H groups in total. The van der Waals surface area contributed by atoms with Crippen molar-refractivity contribution in [3.63, 3.8) is 0 Å². The Balaban J connectivity index is 2.23. The van der Waals surface area contributed by atoms with E-state index in [0.29, 0.717) is 17.9 Å². The highest BCUT2D eigenvalue weighted by Crippen LogP contribution is 2.23. The molecular formula is C12H14N6. The van der Waals surface area contributed by atoms with Gasteiger partial charge in [0.05, 0.1) is 5.54 Å². The summed E-state index contributed by atoms with van der Waals surface area (Å²) in [6, 6.07) is 2.32. The third-order valence-corrected chi connectivity index (χ3v) is 2.43. The molecule has 1 saturated carbocycles. The molecule has 0 aromatic carbocycles. The first kappa shape index (κ1) is 12.1. The molecule has 6 heteroatoms. The summed E-state index contributed by atoms with van der Waals surface area (Å²) < 4.78 is 0. The summed E-state index contributed by atoms with van der Waals surface area (Å²) in [5.41, 5.74) is -0.578. The number of hydrogen-bond acceptors (Lipinski definition) is 6. The number of nitrogens with zero attached hydrogens (tertiary/aromatic N) is 4. The van der Waals surface area contributed by atoms with Crippen LogP contribution in [0.4, 0.5) is 11.9 Å². The van der Waals surface area contributed by atoms with Crippen LogP contribution in [-0.4, -0.2) is 26.5 Å². The maximum atomic E-state index is 8.89. The molecule has 1 aromatic heterocycles. The Hall–Kier alpha value is -2.34. The van der Waals surface area contributed by atoms with Gasteiger partial charge >= 0.3 is 0 Å². The largest absolute Gasteiger partial charge is 0.351 e. The molecule has 0 unspecified atom stereocenters. The summed E-state index contributed by atoms with van der Waals surface area (Å²) >= 11 is 0. The Morgan fingerprint density at radius 2 is 1.94 bits per heavy atom. The van der Waals surface area contributed by atoms with E-state index >= 15 is 0 Å². The van der Waals surface area contributed by atoms with Crippen LogP contribution in [0.5, 0.6) is 0 Å². The maximum Gasteiger partial charge on any atom is 0.238 e. The summed E-state index contributed by atoms with van der Waals surface area (Å²) in [5.74, 6) is 3.39. The maximum absolute atomic E-state index is 8.89. The van der Waals surface area contributed by atoms with Crippen molar-refractivity contribution < 1.29 is 0 Å². The lowest BCUT2D eigenvalue weighted by Crippen LogP contribution is -2.30. The molecular weight excluding hydrogens is 228 g/mol. The molecule has 92 valence electrons. The molecule has 18 heavy (non-hydrogen) atoms. The first-order valence-corrected chi connectivity index (χ1v) is 5.71. The van der Waals surface area contributed by atoms with Crippen molar-refractivity contribution in [3.8, 4) is 18.4 Å². The van der Waals surface area contributed by atoms with Crippen LogP contribution in [0, 0.1) is 23.7 Å². The van der Waals surface area contributed by atoms with Gasteiger partial charge in [-0.05, 0) is 26.7 Å². The minimum Gasteiger partial charge on any atom is -0.351 e. The predicted molar refractivity (Wildman–Crippen MR) is 67.7 cm³/mol. The van der Waals surface area contributed by atoms with Crippen LogP contribution in [-0.2, 0) is 0 Å². The quantitative estimate of drug-likeness (QED) is 0.770. The molecule has 0 bridgehead atoms. The number of anilines is 2. The second kappa shape index (κ2) is 4.50. The van der Waals surface area contributed by atoms with Crippen molar-refractivity contribution in [3.05, 3.63) is 5.82 Å². The van der Waals surface area contributed by atoms with Gasteiger partial charge in [-0.2, -0.15) is 20.2 Å². The molecule has 1 fully saturated rings. The zero-order valence-corrected chi connectivity index (χ0v) is 10.4. The summed E-state index contributed by atoms with van der Waals surface area (Å²) in [5, 5.41) is 15.0. The number of terminal acetylenes is 1. The number of nitriles is 1. The van der Waals surface area contributed by atoms with Crippen molar-refractivity contribution in [2.24, 2.45) is 0 Å². The Morgan fingerprint density at radius 3 is 2.50 bits per heavy atom. The molecule has 1 aliphatic carbocycles. The van der Waals surface area contributed by atoms with E-state index < -0.39 is 5.54 Å². The Bertz CT molecular complexity index is 532. The van der Waals surface area contributed by atoms with E-state index in [1.54, 1.807) is 0 Å². The van der Waals surface area contributed by atoms with E-state index in [2.05, 4.69) is 31.5 Å². The van der Waals surface area contributed by atoms with Crippen LogP contribution in [0.1, 0.15) is 32.5 Å². The first-order valence-electron chi connectivity index (χ1n) is 5.71. The standard InChI is InChI=1S/C12H14N6/c1-4-12(2,3)18-11-16-9(7-13)15-10(17-11)14-8-5-6-8/h1,8H,5-6H2,2-3H3,(H2,14,15,16,17,18). The highest BCUT2D eigenvalue weighted by atomic mass is 15.2. The fourth-order valence-electron chi connectivity index (χ4n) is 1.27. The van der Waals surface area contributed by atoms with Crippen molar-refractivity contribution in [1.29, 1.82) is 5.26 Å². The second-order valence-electron chi connectivity index (χ2n) is 4.73. The smallest absolute Gasteiger partial charge is 0.238 e. The van der Waals surface area contributed by atoms with Gasteiger partial charge in [-0.1, -0.05) is 5.92 Å². The van der Waals surface area contributed by atoms with Gasteiger partial charge in [0, 0.05) is 6.04 Å².